The number of carbonyl (C=O) groups is 1. The van der Waals surface area contributed by atoms with Gasteiger partial charge in [-0.2, -0.15) is 4.31 Å². The molecule has 36 heavy (non-hydrogen) atoms. The Labute approximate surface area is 214 Å². The second kappa shape index (κ2) is 11.9. The molecule has 0 bridgehead atoms. The van der Waals surface area contributed by atoms with Crippen LogP contribution in [-0.2, 0) is 10.0 Å². The monoisotopic (exact) mass is 513 g/mol. The topological polar surface area (TPSA) is 100 Å². The van der Waals surface area contributed by atoms with Crippen molar-refractivity contribution in [3.63, 3.8) is 0 Å². The molecule has 0 radical (unpaired) electrons. The van der Waals surface area contributed by atoms with E-state index in [0.29, 0.717) is 17.0 Å². The van der Waals surface area contributed by atoms with E-state index >= 15 is 0 Å². The van der Waals surface area contributed by atoms with E-state index in [4.69, 9.17) is 4.74 Å². The second-order valence-corrected chi connectivity index (χ2v) is 11.6. The molecule has 0 unspecified atom stereocenters. The molecule has 1 aromatic heterocycles. The van der Waals surface area contributed by atoms with Crippen LogP contribution in [0.1, 0.15) is 50.0 Å². The Bertz CT molecular complexity index is 1220. The van der Waals surface area contributed by atoms with Crippen LogP contribution in [0.4, 0.5) is 0 Å². The van der Waals surface area contributed by atoms with Gasteiger partial charge in [0.1, 0.15) is 16.7 Å². The number of nitrogens with zero attached hydrogens (tertiary/aromatic N) is 3. The number of hydrogen-bond donors (Lipinski definition) is 1. The number of aliphatic hydroxyl groups is 1. The van der Waals surface area contributed by atoms with E-state index in [9.17, 15) is 18.3 Å². The van der Waals surface area contributed by atoms with Crippen molar-refractivity contribution in [3.05, 3.63) is 53.9 Å². The lowest BCUT2D eigenvalue weighted by Crippen LogP contribution is -2.50. The summed E-state index contributed by atoms with van der Waals surface area (Å²) in [6, 6.07) is 7.52. The highest BCUT2D eigenvalue weighted by atomic mass is 32.2. The number of aliphatic hydroxyl groups excluding tert-OH is 1. The van der Waals surface area contributed by atoms with Gasteiger partial charge < -0.3 is 14.7 Å². The third kappa shape index (κ3) is 6.44. The van der Waals surface area contributed by atoms with Crippen molar-refractivity contribution in [2.24, 2.45) is 11.8 Å². The molecular formula is C27H35N3O5S. The fourth-order valence-corrected chi connectivity index (χ4v) is 5.77. The molecule has 8 nitrogen and oxygen atoms in total. The van der Waals surface area contributed by atoms with Gasteiger partial charge in [0, 0.05) is 55.5 Å². The summed E-state index contributed by atoms with van der Waals surface area (Å²) >= 11 is 0. The first-order chi connectivity index (χ1) is 17.0. The Morgan fingerprint density at radius 1 is 1.25 bits per heavy atom. The highest BCUT2D eigenvalue weighted by Crippen LogP contribution is 2.34. The minimum Gasteiger partial charge on any atom is -0.487 e. The van der Waals surface area contributed by atoms with Crippen molar-refractivity contribution in [2.75, 3.05) is 26.7 Å². The lowest BCUT2D eigenvalue weighted by molar-refractivity contribution is 0.0563. The second-order valence-electron chi connectivity index (χ2n) is 9.72. The van der Waals surface area contributed by atoms with Crippen LogP contribution in [0.3, 0.4) is 0 Å². The summed E-state index contributed by atoms with van der Waals surface area (Å²) in [4.78, 5) is 18.5. The molecule has 3 rings (SSSR count). The van der Waals surface area contributed by atoms with Crippen LogP contribution in [0.15, 0.2) is 47.6 Å². The van der Waals surface area contributed by atoms with E-state index in [2.05, 4.69) is 30.7 Å². The fraction of sp³-hybridized carbons (Fsp3) is 0.481. The van der Waals surface area contributed by atoms with Crippen LogP contribution in [0, 0.1) is 23.7 Å². The summed E-state index contributed by atoms with van der Waals surface area (Å²) in [6.07, 6.45) is 3.35. The summed E-state index contributed by atoms with van der Waals surface area (Å²) in [5.74, 6) is 6.38. The van der Waals surface area contributed by atoms with E-state index in [1.54, 1.807) is 55.5 Å². The molecule has 2 aromatic rings. The predicted molar refractivity (Wildman–Crippen MR) is 138 cm³/mol. The number of pyridine rings is 1. The molecule has 0 aliphatic carbocycles. The Morgan fingerprint density at radius 3 is 2.58 bits per heavy atom. The van der Waals surface area contributed by atoms with Crippen molar-refractivity contribution in [3.8, 4) is 17.6 Å². The van der Waals surface area contributed by atoms with Gasteiger partial charge in [-0.3, -0.25) is 9.78 Å². The Kier molecular flexibility index (Phi) is 9.12. The number of carbonyl (C=O) groups excluding carboxylic acids is 1. The molecular weight excluding hydrogens is 478 g/mol. The molecule has 1 amide bonds. The number of ether oxygens (including phenoxy) is 1. The predicted octanol–water partition coefficient (Wildman–Crippen LogP) is 3.02. The van der Waals surface area contributed by atoms with Gasteiger partial charge in [-0.15, -0.1) is 0 Å². The van der Waals surface area contributed by atoms with Crippen molar-refractivity contribution in [2.45, 2.75) is 51.2 Å². The maximum atomic E-state index is 13.6. The van der Waals surface area contributed by atoms with Gasteiger partial charge in [-0.05, 0) is 43.2 Å². The minimum atomic E-state index is -3.94. The average Bonchev–Trinajstić information content (AvgIpc) is 2.85. The summed E-state index contributed by atoms with van der Waals surface area (Å²) in [5, 5.41) is 9.80. The van der Waals surface area contributed by atoms with E-state index in [0.717, 1.165) is 6.42 Å². The molecule has 0 spiro atoms. The number of benzene rings is 1. The quantitative estimate of drug-likeness (QED) is 0.596. The highest BCUT2D eigenvalue weighted by molar-refractivity contribution is 7.89. The van der Waals surface area contributed by atoms with Gasteiger partial charge in [0.2, 0.25) is 10.0 Å². The van der Waals surface area contributed by atoms with Crippen molar-refractivity contribution < 1.29 is 23.1 Å². The average molecular weight is 514 g/mol. The number of sulfonamides is 1. The zero-order valence-electron chi connectivity index (χ0n) is 21.5. The molecule has 1 aliphatic rings. The minimum absolute atomic E-state index is 0.0252. The van der Waals surface area contributed by atoms with Crippen LogP contribution in [-0.4, -0.2) is 72.5 Å². The first kappa shape index (κ1) is 27.7. The van der Waals surface area contributed by atoms with Gasteiger partial charge in [-0.1, -0.05) is 32.6 Å². The molecule has 2 heterocycles. The largest absolute Gasteiger partial charge is 0.487 e. The Morgan fingerprint density at radius 2 is 1.94 bits per heavy atom. The molecule has 0 saturated heterocycles. The Hall–Kier alpha value is -2.93. The lowest BCUT2D eigenvalue weighted by Gasteiger charge is -2.37. The molecule has 0 fully saturated rings. The van der Waals surface area contributed by atoms with Gasteiger partial charge in [-0.25, -0.2) is 8.42 Å². The number of aromatic nitrogens is 1. The zero-order valence-corrected chi connectivity index (χ0v) is 22.3. The van der Waals surface area contributed by atoms with Crippen LogP contribution >= 0.6 is 0 Å². The van der Waals surface area contributed by atoms with E-state index in [-0.39, 0.29) is 42.2 Å². The lowest BCUT2D eigenvalue weighted by atomic mass is 10.0. The molecule has 3 atom stereocenters. The highest BCUT2D eigenvalue weighted by Gasteiger charge is 2.38. The molecule has 1 N–H and O–H groups in total. The number of fused-ring (bicyclic) bond motifs is 1. The van der Waals surface area contributed by atoms with E-state index in [1.807, 2.05) is 6.92 Å². The van der Waals surface area contributed by atoms with E-state index in [1.165, 1.54) is 10.4 Å². The Balaban J connectivity index is 2.00. The van der Waals surface area contributed by atoms with Gasteiger partial charge >= 0.3 is 0 Å². The van der Waals surface area contributed by atoms with Crippen molar-refractivity contribution in [1.29, 1.82) is 0 Å². The molecule has 0 saturated carbocycles. The molecule has 9 heteroatoms. The van der Waals surface area contributed by atoms with E-state index < -0.39 is 22.2 Å². The smallest absolute Gasteiger partial charge is 0.253 e. The third-order valence-electron chi connectivity index (χ3n) is 6.14. The fourth-order valence-electron chi connectivity index (χ4n) is 3.95. The third-order valence-corrected chi connectivity index (χ3v) is 8.16. The first-order valence-electron chi connectivity index (χ1n) is 12.1. The summed E-state index contributed by atoms with van der Waals surface area (Å²) < 4.78 is 34.8. The number of rotatable bonds is 6. The summed E-state index contributed by atoms with van der Waals surface area (Å²) in [7, 11) is -2.24. The normalized spacial score (nSPS) is 20.2. The van der Waals surface area contributed by atoms with Crippen LogP contribution in [0.5, 0.6) is 5.75 Å². The number of hydrogen-bond acceptors (Lipinski definition) is 6. The maximum absolute atomic E-state index is 13.6. The summed E-state index contributed by atoms with van der Waals surface area (Å²) in [5.41, 5.74) is 1.16. The SMILES string of the molecule is CC(C)CC#Cc1ccc2c(c1)O[C@@H](CN(C)C(=O)c1ccncc1)[C@@H](C)CN([C@@H](C)CO)S2(=O)=O. The number of likely N-dealkylation sites (N-methyl/N-ethyl adjacent to an activating group) is 1. The summed E-state index contributed by atoms with van der Waals surface area (Å²) in [6.45, 7) is 7.79. The first-order valence-corrected chi connectivity index (χ1v) is 13.6. The molecule has 194 valence electrons. The molecule has 1 aliphatic heterocycles. The number of amides is 1. The van der Waals surface area contributed by atoms with Crippen molar-refractivity contribution >= 4 is 15.9 Å². The van der Waals surface area contributed by atoms with Crippen LogP contribution < -0.4 is 4.74 Å². The van der Waals surface area contributed by atoms with Gasteiger partial charge in [0.15, 0.2) is 0 Å². The maximum Gasteiger partial charge on any atom is 0.253 e. The van der Waals surface area contributed by atoms with Crippen molar-refractivity contribution in [1.82, 2.24) is 14.2 Å². The van der Waals surface area contributed by atoms with Gasteiger partial charge in [0.05, 0.1) is 13.2 Å². The zero-order chi connectivity index (χ0) is 26.5. The van der Waals surface area contributed by atoms with Crippen LogP contribution in [0.2, 0.25) is 0 Å². The van der Waals surface area contributed by atoms with Crippen LogP contribution in [0.25, 0.3) is 0 Å². The van der Waals surface area contributed by atoms with Gasteiger partial charge in [0.25, 0.3) is 5.91 Å². The molecule has 1 aromatic carbocycles. The standard InChI is InChI=1S/C27H35N3O5S/c1-19(2)7-6-8-22-9-10-26-24(15-22)35-25(17-29(5)27(32)23-11-13-28-14-12-23)20(3)16-30(21(4)18-31)36(26,33)34/h9-15,19-21,25,31H,7,16-18H2,1-5H3/t20-,21-,25-/m0/s1.